The van der Waals surface area contributed by atoms with E-state index in [4.69, 9.17) is 4.74 Å². The van der Waals surface area contributed by atoms with Gasteiger partial charge in [-0.3, -0.25) is 9.78 Å². The molecule has 3 heterocycles. The number of rotatable bonds is 7. The SMILES string of the molecule is O=c1[nH]cc(-c2ccc3nccc(OCC4CCSCC4)c3c2)cc1NSc1ccc(F)cc1. The minimum Gasteiger partial charge on any atom is -0.493 e. The van der Waals surface area contributed by atoms with Gasteiger partial charge in [0.2, 0.25) is 0 Å². The molecule has 2 N–H and O–H groups in total. The minimum atomic E-state index is -0.295. The van der Waals surface area contributed by atoms with Crippen LogP contribution in [-0.2, 0) is 0 Å². The molecule has 0 saturated carbocycles. The molecular weight excluding hydrogens is 469 g/mol. The molecule has 2 aromatic heterocycles. The number of hydrogen-bond acceptors (Lipinski definition) is 6. The summed E-state index contributed by atoms with van der Waals surface area (Å²) in [4.78, 5) is 20.5. The van der Waals surface area contributed by atoms with Crippen LogP contribution >= 0.6 is 23.7 Å². The molecule has 0 bridgehead atoms. The monoisotopic (exact) mass is 493 g/mol. The smallest absolute Gasteiger partial charge is 0.272 e. The number of pyridine rings is 2. The first-order valence-electron chi connectivity index (χ1n) is 11.2. The Morgan fingerprint density at radius 1 is 1.09 bits per heavy atom. The zero-order valence-electron chi connectivity index (χ0n) is 18.4. The average Bonchev–Trinajstić information content (AvgIpc) is 2.88. The normalized spacial score (nSPS) is 14.3. The largest absolute Gasteiger partial charge is 0.493 e. The minimum absolute atomic E-state index is 0.226. The maximum absolute atomic E-state index is 13.1. The van der Waals surface area contributed by atoms with E-state index in [0.29, 0.717) is 11.6 Å². The molecule has 1 fully saturated rings. The van der Waals surface area contributed by atoms with Crippen molar-refractivity contribution in [3.63, 3.8) is 0 Å². The molecule has 8 heteroatoms. The molecule has 5 rings (SSSR count). The number of anilines is 1. The van der Waals surface area contributed by atoms with Gasteiger partial charge >= 0.3 is 0 Å². The number of ether oxygens (including phenoxy) is 1. The van der Waals surface area contributed by atoms with E-state index in [1.54, 1.807) is 24.5 Å². The topological polar surface area (TPSA) is 67.0 Å². The Morgan fingerprint density at radius 3 is 2.74 bits per heavy atom. The first kappa shape index (κ1) is 22.8. The van der Waals surface area contributed by atoms with Crippen LogP contribution in [0.1, 0.15) is 12.8 Å². The van der Waals surface area contributed by atoms with Crippen LogP contribution in [0.5, 0.6) is 5.75 Å². The molecule has 0 amide bonds. The second-order valence-electron chi connectivity index (χ2n) is 8.20. The van der Waals surface area contributed by atoms with Crippen LogP contribution in [0.25, 0.3) is 22.0 Å². The van der Waals surface area contributed by atoms with E-state index >= 15 is 0 Å². The van der Waals surface area contributed by atoms with Crippen molar-refractivity contribution in [2.24, 2.45) is 5.92 Å². The molecule has 0 unspecified atom stereocenters. The highest BCUT2D eigenvalue weighted by molar-refractivity contribution is 8.00. The summed E-state index contributed by atoms with van der Waals surface area (Å²) in [5, 5.41) is 0.951. The van der Waals surface area contributed by atoms with Crippen molar-refractivity contribution < 1.29 is 9.13 Å². The second-order valence-corrected chi connectivity index (χ2v) is 10.3. The number of aromatic nitrogens is 2. The van der Waals surface area contributed by atoms with Gasteiger partial charge in [0.05, 0.1) is 12.1 Å². The Morgan fingerprint density at radius 2 is 1.91 bits per heavy atom. The van der Waals surface area contributed by atoms with E-state index in [1.165, 1.54) is 48.4 Å². The Labute approximate surface area is 205 Å². The van der Waals surface area contributed by atoms with Crippen molar-refractivity contribution >= 4 is 40.3 Å². The molecule has 5 nitrogen and oxygen atoms in total. The van der Waals surface area contributed by atoms with Crippen LogP contribution in [0, 0.1) is 11.7 Å². The molecule has 174 valence electrons. The number of aromatic amines is 1. The predicted molar refractivity (Wildman–Crippen MR) is 139 cm³/mol. The molecule has 2 aromatic carbocycles. The first-order chi connectivity index (χ1) is 16.7. The average molecular weight is 494 g/mol. The fraction of sp³-hybridized carbons (Fsp3) is 0.231. The summed E-state index contributed by atoms with van der Waals surface area (Å²) in [6.07, 6.45) is 5.88. The van der Waals surface area contributed by atoms with E-state index in [9.17, 15) is 9.18 Å². The standard InChI is InChI=1S/C26H24FN3O2S2/c27-20-2-4-21(5-3-20)34-30-24-14-19(15-29-26(24)31)18-1-6-23-22(13-18)25(7-10-28-23)32-16-17-8-11-33-12-9-17/h1-7,10,13-15,17,30H,8-9,11-12,16H2,(H,29,31). The lowest BCUT2D eigenvalue weighted by Crippen LogP contribution is -2.17. The number of thioether (sulfide) groups is 1. The van der Waals surface area contributed by atoms with Gasteiger partial charge in [0.15, 0.2) is 0 Å². The molecule has 1 aliphatic heterocycles. The summed E-state index contributed by atoms with van der Waals surface area (Å²) in [7, 11) is 0. The van der Waals surface area contributed by atoms with Gasteiger partial charge in [0.1, 0.15) is 17.3 Å². The summed E-state index contributed by atoms with van der Waals surface area (Å²) < 4.78 is 22.5. The summed E-state index contributed by atoms with van der Waals surface area (Å²) in [5.74, 6) is 3.55. The van der Waals surface area contributed by atoms with Crippen LogP contribution in [-0.4, -0.2) is 28.1 Å². The van der Waals surface area contributed by atoms with Crippen LogP contribution in [0.15, 0.2) is 76.7 Å². The number of nitrogens with one attached hydrogen (secondary N) is 2. The summed E-state index contributed by atoms with van der Waals surface area (Å²) in [5.41, 5.74) is 2.88. The third kappa shape index (κ3) is 5.39. The predicted octanol–water partition coefficient (Wildman–Crippen LogP) is 6.37. The summed E-state index contributed by atoms with van der Waals surface area (Å²) in [6.45, 7) is 0.719. The Kier molecular flexibility index (Phi) is 7.06. The van der Waals surface area contributed by atoms with E-state index in [1.807, 2.05) is 36.0 Å². The summed E-state index contributed by atoms with van der Waals surface area (Å²) in [6, 6.07) is 15.8. The number of halogens is 1. The van der Waals surface area contributed by atoms with Crippen molar-refractivity contribution in [1.82, 2.24) is 9.97 Å². The van der Waals surface area contributed by atoms with Crippen LogP contribution in [0.2, 0.25) is 0 Å². The Hall–Kier alpha value is -2.97. The van der Waals surface area contributed by atoms with Crippen molar-refractivity contribution in [3.8, 4) is 16.9 Å². The van der Waals surface area contributed by atoms with Gasteiger partial charge in [-0.25, -0.2) is 4.39 Å². The van der Waals surface area contributed by atoms with Crippen molar-refractivity contribution in [2.75, 3.05) is 22.8 Å². The molecule has 1 aliphatic rings. The van der Waals surface area contributed by atoms with Crippen molar-refractivity contribution in [3.05, 3.63) is 83.2 Å². The molecule has 0 atom stereocenters. The van der Waals surface area contributed by atoms with Gasteiger partial charge in [0, 0.05) is 28.2 Å². The molecule has 4 aromatic rings. The highest BCUT2D eigenvalue weighted by Crippen LogP contribution is 2.31. The molecule has 34 heavy (non-hydrogen) atoms. The van der Waals surface area contributed by atoms with Gasteiger partial charge in [0.25, 0.3) is 5.56 Å². The number of fused-ring (bicyclic) bond motifs is 1. The second kappa shape index (κ2) is 10.5. The highest BCUT2D eigenvalue weighted by atomic mass is 32.2. The van der Waals surface area contributed by atoms with Crippen LogP contribution in [0.4, 0.5) is 10.1 Å². The van der Waals surface area contributed by atoms with Crippen LogP contribution < -0.4 is 15.0 Å². The van der Waals surface area contributed by atoms with Gasteiger partial charge in [-0.2, -0.15) is 11.8 Å². The van der Waals surface area contributed by atoms with Crippen LogP contribution in [0.3, 0.4) is 0 Å². The molecule has 1 saturated heterocycles. The lowest BCUT2D eigenvalue weighted by atomic mass is 10.0. The lowest BCUT2D eigenvalue weighted by Gasteiger charge is -2.21. The van der Waals surface area contributed by atoms with Crippen molar-refractivity contribution in [2.45, 2.75) is 17.7 Å². The van der Waals surface area contributed by atoms with Gasteiger partial charge in [-0.05, 0) is 96.3 Å². The fourth-order valence-corrected chi connectivity index (χ4v) is 5.75. The number of benzene rings is 2. The van der Waals surface area contributed by atoms with Crippen molar-refractivity contribution in [1.29, 1.82) is 0 Å². The zero-order valence-corrected chi connectivity index (χ0v) is 20.1. The third-order valence-electron chi connectivity index (χ3n) is 5.85. The van der Waals surface area contributed by atoms with E-state index in [-0.39, 0.29) is 11.4 Å². The quantitative estimate of drug-likeness (QED) is 0.292. The van der Waals surface area contributed by atoms with Gasteiger partial charge < -0.3 is 14.4 Å². The third-order valence-corrected chi connectivity index (χ3v) is 7.72. The molecule has 0 aliphatic carbocycles. The highest BCUT2D eigenvalue weighted by Gasteiger charge is 2.15. The first-order valence-corrected chi connectivity index (χ1v) is 13.1. The fourth-order valence-electron chi connectivity index (χ4n) is 3.89. The molecule has 0 radical (unpaired) electrons. The van der Waals surface area contributed by atoms with Gasteiger partial charge in [-0.15, -0.1) is 0 Å². The number of hydrogen-bond donors (Lipinski definition) is 2. The maximum atomic E-state index is 13.1. The molecule has 0 spiro atoms. The van der Waals surface area contributed by atoms with E-state index in [0.717, 1.165) is 39.3 Å². The van der Waals surface area contributed by atoms with E-state index in [2.05, 4.69) is 20.8 Å². The Bertz CT molecular complexity index is 1340. The van der Waals surface area contributed by atoms with E-state index < -0.39 is 0 Å². The number of H-pyrrole nitrogens is 1. The maximum Gasteiger partial charge on any atom is 0.272 e. The number of nitrogens with zero attached hydrogens (tertiary/aromatic N) is 1. The lowest BCUT2D eigenvalue weighted by molar-refractivity contribution is 0.242. The summed E-state index contributed by atoms with van der Waals surface area (Å²) >= 11 is 3.27. The zero-order chi connectivity index (χ0) is 23.3. The van der Waals surface area contributed by atoms with Gasteiger partial charge in [-0.1, -0.05) is 6.07 Å². The Balaban J connectivity index is 1.38. The molecular formula is C26H24FN3O2S2.